The first-order chi connectivity index (χ1) is 20.7. The zero-order valence-electron chi connectivity index (χ0n) is 25.1. The number of likely N-dealkylation sites (tertiary alicyclic amines) is 1. The Morgan fingerprint density at radius 2 is 1.70 bits per heavy atom. The number of hydrogen-bond donors (Lipinski definition) is 2. The first-order valence-corrected chi connectivity index (χ1v) is 14.9. The van der Waals surface area contributed by atoms with E-state index < -0.39 is 29.7 Å². The second kappa shape index (κ2) is 13.0. The van der Waals surface area contributed by atoms with Gasteiger partial charge in [-0.25, -0.2) is 4.39 Å². The highest BCUT2D eigenvalue weighted by Gasteiger charge is 2.49. The first kappa shape index (κ1) is 30.4. The number of amides is 1. The van der Waals surface area contributed by atoms with Gasteiger partial charge in [-0.15, -0.1) is 0 Å². The molecule has 0 spiro atoms. The van der Waals surface area contributed by atoms with Gasteiger partial charge < -0.3 is 24.6 Å². The molecule has 3 aromatic rings. The van der Waals surface area contributed by atoms with Crippen molar-refractivity contribution in [2.75, 3.05) is 38.2 Å². The Hall–Kier alpha value is -4.11. The highest BCUT2D eigenvalue weighted by molar-refractivity contribution is 5.94. The number of anilines is 1. The molecule has 1 fully saturated rings. The first-order valence-electron chi connectivity index (χ1n) is 14.9. The molecule has 2 N–H and O–H groups in total. The number of carboxylic acid groups (broad SMARTS) is 1. The molecule has 2 heterocycles. The number of hydrogen-bond acceptors (Lipinski definition) is 6. The SMILES string of the molecule is CCOc1ccc([C@H]2[C@H](C(=O)O)[C@@H](c3ccc4c(c3)OCCO4)CN2CC(=O)Nc2c(CC)cc(C)cc2CC)c(F)c1. The lowest BCUT2D eigenvalue weighted by Gasteiger charge is -2.28. The summed E-state index contributed by atoms with van der Waals surface area (Å²) >= 11 is 0. The van der Waals surface area contributed by atoms with Gasteiger partial charge in [0.1, 0.15) is 24.8 Å². The van der Waals surface area contributed by atoms with E-state index in [0.717, 1.165) is 40.8 Å². The van der Waals surface area contributed by atoms with Crippen LogP contribution in [0.4, 0.5) is 10.1 Å². The highest BCUT2D eigenvalue weighted by Crippen LogP contribution is 2.48. The number of rotatable bonds is 10. The van der Waals surface area contributed by atoms with Gasteiger partial charge in [0.15, 0.2) is 11.5 Å². The molecule has 0 bridgehead atoms. The summed E-state index contributed by atoms with van der Waals surface area (Å²) in [7, 11) is 0. The van der Waals surface area contributed by atoms with Crippen LogP contribution in [0.5, 0.6) is 17.2 Å². The molecule has 43 heavy (non-hydrogen) atoms. The van der Waals surface area contributed by atoms with Gasteiger partial charge in [-0.1, -0.05) is 43.7 Å². The van der Waals surface area contributed by atoms with E-state index in [9.17, 15) is 14.7 Å². The molecule has 2 aliphatic heterocycles. The predicted molar refractivity (Wildman–Crippen MR) is 162 cm³/mol. The quantitative estimate of drug-likeness (QED) is 0.303. The van der Waals surface area contributed by atoms with Crippen molar-refractivity contribution < 1.29 is 33.3 Å². The largest absolute Gasteiger partial charge is 0.494 e. The number of carbonyl (C=O) groups excluding carboxylic acids is 1. The molecule has 0 aromatic heterocycles. The molecule has 3 aromatic carbocycles. The summed E-state index contributed by atoms with van der Waals surface area (Å²) in [6, 6.07) is 13.1. The summed E-state index contributed by atoms with van der Waals surface area (Å²) in [5.41, 5.74) is 4.95. The van der Waals surface area contributed by atoms with Gasteiger partial charge in [-0.05, 0) is 61.6 Å². The monoisotopic (exact) mass is 590 g/mol. The van der Waals surface area contributed by atoms with Crippen molar-refractivity contribution in [3.05, 3.63) is 82.2 Å². The van der Waals surface area contributed by atoms with E-state index in [4.69, 9.17) is 14.2 Å². The van der Waals surface area contributed by atoms with Crippen molar-refractivity contribution in [2.45, 2.75) is 52.5 Å². The van der Waals surface area contributed by atoms with E-state index in [0.29, 0.717) is 37.1 Å². The van der Waals surface area contributed by atoms with E-state index in [-0.39, 0.29) is 24.6 Å². The summed E-state index contributed by atoms with van der Waals surface area (Å²) in [4.78, 5) is 28.4. The van der Waals surface area contributed by atoms with Crippen molar-refractivity contribution in [2.24, 2.45) is 5.92 Å². The second-order valence-corrected chi connectivity index (χ2v) is 11.1. The average Bonchev–Trinajstić information content (AvgIpc) is 3.36. The number of carboxylic acids is 1. The average molecular weight is 591 g/mol. The van der Waals surface area contributed by atoms with E-state index in [1.165, 1.54) is 6.07 Å². The van der Waals surface area contributed by atoms with Gasteiger partial charge in [-0.3, -0.25) is 14.5 Å². The third kappa shape index (κ3) is 6.32. The van der Waals surface area contributed by atoms with Gasteiger partial charge >= 0.3 is 5.97 Å². The van der Waals surface area contributed by atoms with Crippen LogP contribution in [0.3, 0.4) is 0 Å². The fourth-order valence-corrected chi connectivity index (χ4v) is 6.42. The van der Waals surface area contributed by atoms with Crippen molar-refractivity contribution in [1.29, 1.82) is 0 Å². The Bertz CT molecular complexity index is 1480. The predicted octanol–water partition coefficient (Wildman–Crippen LogP) is 5.91. The van der Waals surface area contributed by atoms with Crippen molar-refractivity contribution >= 4 is 17.6 Å². The Kier molecular flexibility index (Phi) is 9.20. The third-order valence-corrected chi connectivity index (χ3v) is 8.30. The summed E-state index contributed by atoms with van der Waals surface area (Å²) < 4.78 is 32.6. The van der Waals surface area contributed by atoms with Crippen LogP contribution in [0.25, 0.3) is 0 Å². The lowest BCUT2D eigenvalue weighted by Crippen LogP contribution is -2.36. The van der Waals surface area contributed by atoms with Crippen LogP contribution < -0.4 is 19.5 Å². The fraction of sp³-hybridized carbons (Fsp3) is 0.412. The Balaban J connectivity index is 1.52. The van der Waals surface area contributed by atoms with Gasteiger partial charge in [0.25, 0.3) is 0 Å². The third-order valence-electron chi connectivity index (χ3n) is 8.30. The zero-order chi connectivity index (χ0) is 30.7. The standard InChI is InChI=1S/C34H39FN2O6/c1-5-21-14-20(4)15-22(6-2)32(21)36-30(38)19-37-18-26(23-8-11-28-29(16-23)43-13-12-42-28)31(34(39)40)33(37)25-10-9-24(41-7-3)17-27(25)35/h8-11,14-17,26,31,33H,5-7,12-13,18-19H2,1-4H3,(H,36,38)(H,39,40)/t26-,31-,33+/m1/s1. The van der Waals surface area contributed by atoms with Crippen LogP contribution in [-0.4, -0.2) is 54.8 Å². The van der Waals surface area contributed by atoms with Gasteiger partial charge in [0.05, 0.1) is 25.1 Å². The van der Waals surface area contributed by atoms with Crippen LogP contribution in [0.15, 0.2) is 48.5 Å². The number of aliphatic carboxylic acids is 1. The number of ether oxygens (including phenoxy) is 3. The lowest BCUT2D eigenvalue weighted by molar-refractivity contribution is -0.143. The molecule has 2 aliphatic rings. The molecule has 1 saturated heterocycles. The minimum Gasteiger partial charge on any atom is -0.494 e. The Morgan fingerprint density at radius 1 is 1.00 bits per heavy atom. The van der Waals surface area contributed by atoms with Crippen LogP contribution in [0.1, 0.15) is 60.5 Å². The normalized spacial score (nSPS) is 19.7. The molecule has 228 valence electrons. The number of nitrogens with zero attached hydrogens (tertiary/aromatic N) is 1. The maximum absolute atomic E-state index is 15.7. The van der Waals surface area contributed by atoms with Crippen LogP contribution >= 0.6 is 0 Å². The van der Waals surface area contributed by atoms with Crippen LogP contribution in [0.2, 0.25) is 0 Å². The van der Waals surface area contributed by atoms with E-state index in [2.05, 4.69) is 17.4 Å². The van der Waals surface area contributed by atoms with E-state index in [1.54, 1.807) is 29.2 Å². The highest BCUT2D eigenvalue weighted by atomic mass is 19.1. The number of carbonyl (C=O) groups is 2. The number of fused-ring (bicyclic) bond motifs is 1. The molecule has 0 aliphatic carbocycles. The molecule has 5 rings (SSSR count). The molecule has 0 unspecified atom stereocenters. The summed E-state index contributed by atoms with van der Waals surface area (Å²) in [5, 5.41) is 13.7. The number of nitrogens with one attached hydrogen (secondary N) is 1. The smallest absolute Gasteiger partial charge is 0.309 e. The lowest BCUT2D eigenvalue weighted by atomic mass is 9.82. The topological polar surface area (TPSA) is 97.3 Å². The molecular weight excluding hydrogens is 551 g/mol. The van der Waals surface area contributed by atoms with Gasteiger partial charge in [-0.2, -0.15) is 0 Å². The van der Waals surface area contributed by atoms with E-state index >= 15 is 4.39 Å². The minimum absolute atomic E-state index is 0.109. The van der Waals surface area contributed by atoms with Crippen molar-refractivity contribution in [3.8, 4) is 17.2 Å². The molecule has 8 nitrogen and oxygen atoms in total. The zero-order valence-corrected chi connectivity index (χ0v) is 25.1. The molecule has 9 heteroatoms. The minimum atomic E-state index is -1.07. The number of aryl methyl sites for hydroxylation is 3. The van der Waals surface area contributed by atoms with E-state index in [1.807, 2.05) is 33.8 Å². The molecule has 0 radical (unpaired) electrons. The Morgan fingerprint density at radius 3 is 2.33 bits per heavy atom. The summed E-state index contributed by atoms with van der Waals surface area (Å²) in [6.45, 7) is 9.27. The Labute approximate surface area is 251 Å². The molecular formula is C34H39FN2O6. The maximum Gasteiger partial charge on any atom is 0.309 e. The number of halogens is 1. The fourth-order valence-electron chi connectivity index (χ4n) is 6.42. The van der Waals surface area contributed by atoms with Crippen LogP contribution in [-0.2, 0) is 22.4 Å². The molecule has 3 atom stereocenters. The molecule has 1 amide bonds. The van der Waals surface area contributed by atoms with Crippen molar-refractivity contribution in [1.82, 2.24) is 4.90 Å². The van der Waals surface area contributed by atoms with Gasteiger partial charge in [0.2, 0.25) is 5.91 Å². The summed E-state index contributed by atoms with van der Waals surface area (Å²) in [5.74, 6) is -1.98. The number of benzene rings is 3. The van der Waals surface area contributed by atoms with Gasteiger partial charge in [0, 0.05) is 29.8 Å². The summed E-state index contributed by atoms with van der Waals surface area (Å²) in [6.07, 6.45) is 1.50. The van der Waals surface area contributed by atoms with Crippen molar-refractivity contribution in [3.63, 3.8) is 0 Å². The van der Waals surface area contributed by atoms with Crippen LogP contribution in [0, 0.1) is 18.7 Å². The maximum atomic E-state index is 15.7. The second-order valence-electron chi connectivity index (χ2n) is 11.1. The molecule has 0 saturated carbocycles.